The van der Waals surface area contributed by atoms with Gasteiger partial charge in [0.1, 0.15) is 12.3 Å². The van der Waals surface area contributed by atoms with Crippen molar-refractivity contribution >= 4 is 33.4 Å². The highest BCUT2D eigenvalue weighted by atomic mass is 32.1. The Hall–Kier alpha value is -2.93. The van der Waals surface area contributed by atoms with Gasteiger partial charge < -0.3 is 14.0 Å². The van der Waals surface area contributed by atoms with Crippen LogP contribution in [0.25, 0.3) is 10.2 Å². The fourth-order valence-electron chi connectivity index (χ4n) is 3.05. The molecule has 0 fully saturated rings. The molecule has 0 saturated heterocycles. The molecule has 0 N–H and O–H groups in total. The van der Waals surface area contributed by atoms with Crippen LogP contribution in [0.2, 0.25) is 0 Å². The number of hydrogen-bond acceptors (Lipinski definition) is 5. The number of esters is 1. The molecule has 6 nitrogen and oxygen atoms in total. The minimum absolute atomic E-state index is 0.0111. The third-order valence-corrected chi connectivity index (χ3v) is 5.66. The van der Waals surface area contributed by atoms with Gasteiger partial charge >= 0.3 is 5.97 Å². The maximum absolute atomic E-state index is 12.8. The van der Waals surface area contributed by atoms with E-state index >= 15 is 0 Å². The van der Waals surface area contributed by atoms with Gasteiger partial charge in [0.05, 0.1) is 30.0 Å². The molecule has 0 aliphatic carbocycles. The molecule has 1 heterocycles. The maximum atomic E-state index is 12.8. The van der Waals surface area contributed by atoms with Crippen LogP contribution in [0.5, 0.6) is 5.75 Å². The number of benzene rings is 2. The van der Waals surface area contributed by atoms with Gasteiger partial charge in [0.25, 0.3) is 5.91 Å². The van der Waals surface area contributed by atoms with Gasteiger partial charge in [0, 0.05) is 0 Å². The first-order valence-corrected chi connectivity index (χ1v) is 10.3. The lowest BCUT2D eigenvalue weighted by molar-refractivity contribution is -0.141. The summed E-state index contributed by atoms with van der Waals surface area (Å²) in [6.07, 6.45) is 3.23. The van der Waals surface area contributed by atoms with Gasteiger partial charge in [-0.05, 0) is 42.7 Å². The van der Waals surface area contributed by atoms with Gasteiger partial charge in [-0.3, -0.25) is 9.59 Å². The first-order chi connectivity index (χ1) is 14.1. The molecule has 0 saturated carbocycles. The molecular formula is C22H24N2O4S. The Bertz CT molecular complexity index is 1100. The number of para-hydroxylation sites is 1. The number of nitrogens with zero attached hydrogens (tertiary/aromatic N) is 2. The van der Waals surface area contributed by atoms with E-state index in [4.69, 9.17) is 9.47 Å². The Kier molecular flexibility index (Phi) is 6.82. The van der Waals surface area contributed by atoms with Crippen molar-refractivity contribution in [1.82, 2.24) is 4.57 Å². The van der Waals surface area contributed by atoms with Crippen molar-refractivity contribution in [3.63, 3.8) is 0 Å². The number of thiazole rings is 1. The molecule has 0 aliphatic heterocycles. The van der Waals surface area contributed by atoms with Gasteiger partial charge in [-0.2, -0.15) is 4.99 Å². The summed E-state index contributed by atoms with van der Waals surface area (Å²) in [5.74, 6) is -0.353. The molecule has 0 radical (unpaired) electrons. The number of unbranched alkanes of at least 4 members (excludes halogenated alkanes) is 1. The van der Waals surface area contributed by atoms with Gasteiger partial charge in [-0.25, -0.2) is 0 Å². The molecule has 3 aromatic rings. The number of amides is 1. The summed E-state index contributed by atoms with van der Waals surface area (Å²) < 4.78 is 12.8. The molecule has 3 rings (SSSR count). The van der Waals surface area contributed by atoms with Crippen LogP contribution in [0.4, 0.5) is 0 Å². The Morgan fingerprint density at radius 1 is 1.14 bits per heavy atom. The third-order valence-electron chi connectivity index (χ3n) is 4.62. The normalized spacial score (nSPS) is 11.6. The molecule has 0 aliphatic rings. The van der Waals surface area contributed by atoms with Crippen LogP contribution >= 0.6 is 11.3 Å². The number of fused-ring (bicyclic) bond motifs is 1. The predicted octanol–water partition coefficient (Wildman–Crippen LogP) is 3.97. The van der Waals surface area contributed by atoms with E-state index < -0.39 is 11.9 Å². The number of methoxy groups -OCH3 is 2. The van der Waals surface area contributed by atoms with Crippen LogP contribution in [0.15, 0.2) is 47.5 Å². The van der Waals surface area contributed by atoms with Crippen LogP contribution in [0.1, 0.15) is 35.7 Å². The molecule has 2 aromatic carbocycles. The van der Waals surface area contributed by atoms with Crippen molar-refractivity contribution in [2.24, 2.45) is 4.99 Å². The predicted molar refractivity (Wildman–Crippen MR) is 113 cm³/mol. The van der Waals surface area contributed by atoms with Crippen molar-refractivity contribution in [2.45, 2.75) is 32.7 Å². The van der Waals surface area contributed by atoms with E-state index in [0.717, 1.165) is 29.5 Å². The summed E-state index contributed by atoms with van der Waals surface area (Å²) in [5, 5.41) is 0. The first kappa shape index (κ1) is 20.8. The summed E-state index contributed by atoms with van der Waals surface area (Å²) in [4.78, 5) is 29.5. The highest BCUT2D eigenvalue weighted by molar-refractivity contribution is 7.16. The number of hydrogen-bond donors (Lipinski definition) is 0. The van der Waals surface area contributed by atoms with Crippen molar-refractivity contribution in [3.05, 3.63) is 58.4 Å². The number of carbonyl (C=O) groups excluding carboxylic acids is 2. The maximum Gasteiger partial charge on any atom is 0.325 e. The zero-order valence-corrected chi connectivity index (χ0v) is 17.6. The summed E-state index contributed by atoms with van der Waals surface area (Å²) in [6, 6.07) is 13.1. The van der Waals surface area contributed by atoms with Crippen molar-refractivity contribution in [1.29, 1.82) is 0 Å². The molecule has 152 valence electrons. The standard InChI is InChI=1S/C22H24N2O4S/c1-4-5-8-15-11-12-17-19(13-15)29-22(24(17)14-20(25)28-3)23-21(26)16-9-6-7-10-18(16)27-2/h6-7,9-13H,4-5,8,14H2,1-3H3. The van der Waals surface area contributed by atoms with Crippen LogP contribution in [-0.4, -0.2) is 30.7 Å². The average Bonchev–Trinajstić information content (AvgIpc) is 3.07. The molecule has 0 atom stereocenters. The van der Waals surface area contributed by atoms with E-state index in [9.17, 15) is 9.59 Å². The minimum atomic E-state index is -0.418. The number of aryl methyl sites for hydroxylation is 1. The second-order valence-corrected chi connectivity index (χ2v) is 7.58. The Morgan fingerprint density at radius 2 is 1.93 bits per heavy atom. The summed E-state index contributed by atoms with van der Waals surface area (Å²) in [7, 11) is 2.86. The molecule has 0 unspecified atom stereocenters. The highest BCUT2D eigenvalue weighted by Gasteiger charge is 2.15. The second kappa shape index (κ2) is 9.52. The molecule has 29 heavy (non-hydrogen) atoms. The fourth-order valence-corrected chi connectivity index (χ4v) is 4.15. The van der Waals surface area contributed by atoms with Crippen molar-refractivity contribution in [3.8, 4) is 5.75 Å². The van der Waals surface area contributed by atoms with Gasteiger partial charge in [-0.15, -0.1) is 0 Å². The zero-order chi connectivity index (χ0) is 20.8. The summed E-state index contributed by atoms with van der Waals surface area (Å²) in [5.41, 5.74) is 2.46. The zero-order valence-electron chi connectivity index (χ0n) is 16.8. The van der Waals surface area contributed by atoms with Crippen LogP contribution in [-0.2, 0) is 22.5 Å². The van der Waals surface area contributed by atoms with Crippen LogP contribution < -0.4 is 9.54 Å². The smallest absolute Gasteiger partial charge is 0.325 e. The molecule has 1 aromatic heterocycles. The van der Waals surface area contributed by atoms with E-state index in [1.807, 2.05) is 6.07 Å². The van der Waals surface area contributed by atoms with Gasteiger partial charge in [0.15, 0.2) is 4.80 Å². The highest BCUT2D eigenvalue weighted by Crippen LogP contribution is 2.22. The largest absolute Gasteiger partial charge is 0.496 e. The lowest BCUT2D eigenvalue weighted by Crippen LogP contribution is -2.22. The first-order valence-electron chi connectivity index (χ1n) is 9.48. The molecule has 0 spiro atoms. The second-order valence-electron chi connectivity index (χ2n) is 6.57. The van der Waals surface area contributed by atoms with E-state index in [-0.39, 0.29) is 6.54 Å². The minimum Gasteiger partial charge on any atom is -0.496 e. The molecule has 0 bridgehead atoms. The van der Waals surface area contributed by atoms with Crippen LogP contribution in [0, 0.1) is 0 Å². The van der Waals surface area contributed by atoms with Crippen molar-refractivity contribution < 1.29 is 19.1 Å². The average molecular weight is 413 g/mol. The topological polar surface area (TPSA) is 69.9 Å². The van der Waals surface area contributed by atoms with E-state index in [0.29, 0.717) is 16.1 Å². The van der Waals surface area contributed by atoms with Crippen LogP contribution in [0.3, 0.4) is 0 Å². The lowest BCUT2D eigenvalue weighted by Gasteiger charge is -2.06. The number of carbonyl (C=O) groups is 2. The number of rotatable bonds is 7. The quantitative estimate of drug-likeness (QED) is 0.551. The van der Waals surface area contributed by atoms with E-state index in [1.54, 1.807) is 28.8 Å². The van der Waals surface area contributed by atoms with E-state index in [1.165, 1.54) is 31.1 Å². The monoisotopic (exact) mass is 412 g/mol. The Morgan fingerprint density at radius 3 is 2.66 bits per heavy atom. The molecule has 1 amide bonds. The number of ether oxygens (including phenoxy) is 2. The number of aromatic nitrogens is 1. The summed E-state index contributed by atoms with van der Waals surface area (Å²) in [6.45, 7) is 2.15. The van der Waals surface area contributed by atoms with Crippen molar-refractivity contribution in [2.75, 3.05) is 14.2 Å². The van der Waals surface area contributed by atoms with E-state index in [2.05, 4.69) is 24.0 Å². The SMILES string of the molecule is CCCCc1ccc2c(c1)sc(=NC(=O)c1ccccc1OC)n2CC(=O)OC. The Balaban J connectivity index is 2.11. The molecular weight excluding hydrogens is 388 g/mol. The lowest BCUT2D eigenvalue weighted by atomic mass is 10.1. The fraction of sp³-hybridized carbons (Fsp3) is 0.318. The summed E-state index contributed by atoms with van der Waals surface area (Å²) >= 11 is 1.39. The van der Waals surface area contributed by atoms with Gasteiger partial charge in [0.2, 0.25) is 0 Å². The third kappa shape index (κ3) is 4.74. The molecule has 7 heteroatoms. The van der Waals surface area contributed by atoms with Gasteiger partial charge in [-0.1, -0.05) is 42.9 Å². The Labute approximate surface area is 173 Å².